The molecule has 1 aromatic carbocycles. The summed E-state index contributed by atoms with van der Waals surface area (Å²) in [5, 5.41) is 1.48. The Morgan fingerprint density at radius 2 is 1.90 bits per heavy atom. The third-order valence-electron chi connectivity index (χ3n) is 4.03. The SMILES string of the molecule is NC1CCC2N=C(Cc3ccc(C(F)(F)F)cc3)SC2C1. The second-order valence-electron chi connectivity index (χ2n) is 5.69. The van der Waals surface area contributed by atoms with Gasteiger partial charge in [0.15, 0.2) is 0 Å². The van der Waals surface area contributed by atoms with Crippen LogP contribution in [0.3, 0.4) is 0 Å². The monoisotopic (exact) mass is 314 g/mol. The fourth-order valence-electron chi connectivity index (χ4n) is 2.88. The van der Waals surface area contributed by atoms with Gasteiger partial charge in [0.25, 0.3) is 0 Å². The van der Waals surface area contributed by atoms with Crippen molar-refractivity contribution in [2.75, 3.05) is 0 Å². The predicted octanol–water partition coefficient (Wildman–Crippen LogP) is 3.64. The van der Waals surface area contributed by atoms with Gasteiger partial charge in [-0.05, 0) is 37.0 Å². The van der Waals surface area contributed by atoms with E-state index in [-0.39, 0.29) is 6.04 Å². The fraction of sp³-hybridized carbons (Fsp3) is 0.533. The molecule has 0 radical (unpaired) electrons. The van der Waals surface area contributed by atoms with Crippen LogP contribution in [0, 0.1) is 0 Å². The molecule has 1 aliphatic carbocycles. The van der Waals surface area contributed by atoms with Crippen molar-refractivity contribution in [1.82, 2.24) is 0 Å². The fourth-order valence-corrected chi connectivity index (χ4v) is 4.38. The molecular formula is C15H17F3N2S. The van der Waals surface area contributed by atoms with Crippen molar-refractivity contribution in [3.05, 3.63) is 35.4 Å². The van der Waals surface area contributed by atoms with E-state index >= 15 is 0 Å². The number of nitrogens with zero attached hydrogens (tertiary/aromatic N) is 1. The highest BCUT2D eigenvalue weighted by Crippen LogP contribution is 2.37. The highest BCUT2D eigenvalue weighted by molar-refractivity contribution is 8.14. The van der Waals surface area contributed by atoms with Gasteiger partial charge in [-0.1, -0.05) is 12.1 Å². The molecule has 0 bridgehead atoms. The van der Waals surface area contributed by atoms with Crippen molar-refractivity contribution in [2.24, 2.45) is 10.7 Å². The van der Waals surface area contributed by atoms with Crippen LogP contribution in [0.2, 0.25) is 0 Å². The van der Waals surface area contributed by atoms with Crippen LogP contribution in [0.4, 0.5) is 13.2 Å². The number of halogens is 3. The molecule has 1 heterocycles. The molecule has 0 amide bonds. The van der Waals surface area contributed by atoms with Crippen molar-refractivity contribution in [3.8, 4) is 0 Å². The maximum Gasteiger partial charge on any atom is 0.416 e. The molecule has 3 atom stereocenters. The number of hydrogen-bond acceptors (Lipinski definition) is 3. The first-order valence-corrected chi connectivity index (χ1v) is 7.95. The summed E-state index contributed by atoms with van der Waals surface area (Å²) in [4.78, 5) is 4.71. The van der Waals surface area contributed by atoms with E-state index in [1.165, 1.54) is 0 Å². The smallest absolute Gasteiger partial charge is 0.328 e. The molecule has 1 aromatic rings. The molecule has 0 aromatic heterocycles. The van der Waals surface area contributed by atoms with Crippen LogP contribution in [0.5, 0.6) is 0 Å². The van der Waals surface area contributed by atoms with Gasteiger partial charge in [-0.15, -0.1) is 11.8 Å². The second-order valence-corrected chi connectivity index (χ2v) is 7.00. The molecule has 1 fully saturated rings. The zero-order chi connectivity index (χ0) is 15.0. The van der Waals surface area contributed by atoms with E-state index in [9.17, 15) is 13.2 Å². The van der Waals surface area contributed by atoms with E-state index in [1.807, 2.05) is 0 Å². The molecule has 6 heteroatoms. The van der Waals surface area contributed by atoms with Crippen LogP contribution < -0.4 is 5.73 Å². The summed E-state index contributed by atoms with van der Waals surface area (Å²) in [7, 11) is 0. The average molecular weight is 314 g/mol. The molecule has 114 valence electrons. The largest absolute Gasteiger partial charge is 0.416 e. The molecule has 21 heavy (non-hydrogen) atoms. The van der Waals surface area contributed by atoms with Gasteiger partial charge < -0.3 is 5.73 Å². The van der Waals surface area contributed by atoms with Crippen LogP contribution in [0.25, 0.3) is 0 Å². The molecular weight excluding hydrogens is 297 g/mol. The van der Waals surface area contributed by atoms with Gasteiger partial charge in [0, 0.05) is 17.7 Å². The quantitative estimate of drug-likeness (QED) is 0.905. The van der Waals surface area contributed by atoms with Crippen molar-refractivity contribution in [2.45, 2.75) is 49.2 Å². The zero-order valence-corrected chi connectivity index (χ0v) is 12.3. The average Bonchev–Trinajstić information content (AvgIpc) is 2.79. The van der Waals surface area contributed by atoms with Crippen molar-refractivity contribution < 1.29 is 13.2 Å². The van der Waals surface area contributed by atoms with Crippen molar-refractivity contribution in [3.63, 3.8) is 0 Å². The second kappa shape index (κ2) is 5.65. The summed E-state index contributed by atoms with van der Waals surface area (Å²) in [6.07, 6.45) is -0.641. The lowest BCUT2D eigenvalue weighted by Gasteiger charge is -2.27. The lowest BCUT2D eigenvalue weighted by molar-refractivity contribution is -0.137. The summed E-state index contributed by atoms with van der Waals surface area (Å²) in [6.45, 7) is 0. The maximum absolute atomic E-state index is 12.5. The molecule has 0 saturated heterocycles. The molecule has 2 nitrogen and oxygen atoms in total. The van der Waals surface area contributed by atoms with E-state index in [1.54, 1.807) is 23.9 Å². The Labute approximate surface area is 126 Å². The number of thioether (sulfide) groups is 1. The molecule has 0 spiro atoms. The molecule has 2 N–H and O–H groups in total. The third kappa shape index (κ3) is 3.43. The molecule has 2 aliphatic rings. The minimum Gasteiger partial charge on any atom is -0.328 e. The Morgan fingerprint density at radius 3 is 2.57 bits per heavy atom. The first-order chi connectivity index (χ1) is 9.91. The molecule has 1 aliphatic heterocycles. The van der Waals surface area contributed by atoms with Gasteiger partial charge in [-0.2, -0.15) is 13.2 Å². The number of aliphatic imine (C=N–C) groups is 1. The lowest BCUT2D eigenvalue weighted by atomic mass is 9.92. The normalized spacial score (nSPS) is 29.1. The van der Waals surface area contributed by atoms with Crippen LogP contribution in [-0.4, -0.2) is 22.4 Å². The van der Waals surface area contributed by atoms with Crippen molar-refractivity contribution in [1.29, 1.82) is 0 Å². The number of hydrogen-bond donors (Lipinski definition) is 1. The number of alkyl halides is 3. The minimum absolute atomic E-state index is 0.263. The predicted molar refractivity (Wildman–Crippen MR) is 79.6 cm³/mol. The maximum atomic E-state index is 12.5. The molecule has 3 rings (SSSR count). The Bertz CT molecular complexity index is 539. The number of nitrogens with two attached hydrogens (primary N) is 1. The highest BCUT2D eigenvalue weighted by Gasteiger charge is 2.35. The molecule has 1 saturated carbocycles. The zero-order valence-electron chi connectivity index (χ0n) is 11.4. The van der Waals surface area contributed by atoms with E-state index in [0.717, 1.165) is 42.0 Å². The van der Waals surface area contributed by atoms with Gasteiger partial charge in [-0.25, -0.2) is 0 Å². The van der Waals surface area contributed by atoms with Gasteiger partial charge in [0.1, 0.15) is 0 Å². The first kappa shape index (κ1) is 14.9. The van der Waals surface area contributed by atoms with Crippen LogP contribution >= 0.6 is 11.8 Å². The van der Waals surface area contributed by atoms with Crippen LogP contribution in [0.1, 0.15) is 30.4 Å². The Morgan fingerprint density at radius 1 is 1.19 bits per heavy atom. The van der Waals surface area contributed by atoms with Crippen LogP contribution in [-0.2, 0) is 12.6 Å². The van der Waals surface area contributed by atoms with Gasteiger partial charge in [-0.3, -0.25) is 4.99 Å². The lowest BCUT2D eigenvalue weighted by Crippen LogP contribution is -2.35. The summed E-state index contributed by atoms with van der Waals surface area (Å²) in [6, 6.07) is 5.97. The highest BCUT2D eigenvalue weighted by atomic mass is 32.2. The van der Waals surface area contributed by atoms with Crippen molar-refractivity contribution >= 4 is 16.8 Å². The Hall–Kier alpha value is -1.01. The van der Waals surface area contributed by atoms with Crippen LogP contribution in [0.15, 0.2) is 29.3 Å². The first-order valence-electron chi connectivity index (χ1n) is 7.07. The standard InChI is InChI=1S/C15H17F3N2S/c16-15(17,18)10-3-1-9(2-4-10)7-14-20-12-6-5-11(19)8-13(12)21-14/h1-4,11-13H,5-8,19H2. The number of rotatable bonds is 2. The van der Waals surface area contributed by atoms with E-state index in [2.05, 4.69) is 0 Å². The van der Waals surface area contributed by atoms with E-state index in [4.69, 9.17) is 10.7 Å². The summed E-state index contributed by atoms with van der Waals surface area (Å²) < 4.78 is 37.6. The van der Waals surface area contributed by atoms with E-state index < -0.39 is 11.7 Å². The topological polar surface area (TPSA) is 38.4 Å². The van der Waals surface area contributed by atoms with Gasteiger partial charge >= 0.3 is 6.18 Å². The summed E-state index contributed by atoms with van der Waals surface area (Å²) in [5.74, 6) is 0. The van der Waals surface area contributed by atoms with E-state index in [0.29, 0.717) is 17.7 Å². The number of fused-ring (bicyclic) bond motifs is 1. The van der Waals surface area contributed by atoms with Gasteiger partial charge in [0.2, 0.25) is 0 Å². The third-order valence-corrected chi connectivity index (χ3v) is 5.36. The number of benzene rings is 1. The Balaban J connectivity index is 1.65. The summed E-state index contributed by atoms with van der Waals surface area (Å²) in [5.41, 5.74) is 6.24. The Kier molecular flexibility index (Phi) is 4.01. The minimum atomic E-state index is -4.27. The molecule has 3 unspecified atom stereocenters. The van der Waals surface area contributed by atoms with Gasteiger partial charge in [0.05, 0.1) is 16.6 Å². The summed E-state index contributed by atoms with van der Waals surface area (Å²) >= 11 is 1.75.